The summed E-state index contributed by atoms with van der Waals surface area (Å²) in [6.07, 6.45) is 2.86. The van der Waals surface area contributed by atoms with Crippen LogP contribution >= 0.6 is 0 Å². The van der Waals surface area contributed by atoms with Gasteiger partial charge in [-0.2, -0.15) is 0 Å². The number of hydrogen-bond donors (Lipinski definition) is 2. The lowest BCUT2D eigenvalue weighted by molar-refractivity contribution is -0.114. The number of nitrogens with one attached hydrogen (secondary N) is 1. The molecule has 0 spiro atoms. The lowest BCUT2D eigenvalue weighted by Gasteiger charge is -2.22. The number of benzene rings is 2. The van der Waals surface area contributed by atoms with Crippen LogP contribution < -0.4 is 36.1 Å². The Morgan fingerprint density at radius 3 is 2.23 bits per heavy atom. The molecule has 0 saturated heterocycles. The monoisotopic (exact) mass is 480 g/mol. The van der Waals surface area contributed by atoms with Gasteiger partial charge < -0.3 is 24.8 Å². The van der Waals surface area contributed by atoms with Crippen molar-refractivity contribution in [1.29, 1.82) is 0 Å². The average molecular weight is 481 g/mol. The van der Waals surface area contributed by atoms with Gasteiger partial charge in [-0.15, -0.1) is 0 Å². The first-order valence-corrected chi connectivity index (χ1v) is 10.8. The summed E-state index contributed by atoms with van der Waals surface area (Å²) in [7, 11) is 4.49. The molecule has 0 aliphatic heterocycles. The zero-order valence-electron chi connectivity index (χ0n) is 20.0. The average Bonchev–Trinajstić information content (AvgIpc) is 2.87. The predicted octanol–water partition coefficient (Wildman–Crippen LogP) is 2.26. The smallest absolute Gasteiger partial charge is 0.330 e. The third kappa shape index (κ3) is 5.37. The largest absolute Gasteiger partial charge is 0.493 e. The summed E-state index contributed by atoms with van der Waals surface area (Å²) in [4.78, 5) is 41.7. The Labute approximate surface area is 202 Å². The Morgan fingerprint density at radius 2 is 1.69 bits per heavy atom. The fourth-order valence-corrected chi connectivity index (χ4v) is 3.64. The van der Waals surface area contributed by atoms with Crippen molar-refractivity contribution in [3.63, 3.8) is 0 Å². The molecule has 0 atom stereocenters. The van der Waals surface area contributed by atoms with Crippen molar-refractivity contribution in [2.45, 2.75) is 13.5 Å². The number of aromatic amines is 1. The maximum atomic E-state index is 13.1. The van der Waals surface area contributed by atoms with Gasteiger partial charge in [-0.25, -0.2) is 4.79 Å². The number of carbonyl (C=O) groups is 1. The Hall–Kier alpha value is -4.47. The Balaban J connectivity index is 1.97. The summed E-state index contributed by atoms with van der Waals surface area (Å²) in [5.74, 6) is 0.691. The predicted molar refractivity (Wildman–Crippen MR) is 134 cm³/mol. The molecule has 10 nitrogen and oxygen atoms in total. The summed E-state index contributed by atoms with van der Waals surface area (Å²) in [6.45, 7) is 1.99. The first kappa shape index (κ1) is 25.2. The van der Waals surface area contributed by atoms with Crippen LogP contribution in [0.4, 0.5) is 11.5 Å². The molecule has 1 aromatic heterocycles. The first-order chi connectivity index (χ1) is 16.8. The highest BCUT2D eigenvalue weighted by Gasteiger charge is 2.22. The summed E-state index contributed by atoms with van der Waals surface area (Å²) < 4.78 is 17.2. The maximum Gasteiger partial charge on any atom is 0.330 e. The molecule has 0 radical (unpaired) electrons. The lowest BCUT2D eigenvalue weighted by atomic mass is 10.1. The van der Waals surface area contributed by atoms with Crippen molar-refractivity contribution < 1.29 is 19.0 Å². The van der Waals surface area contributed by atoms with Crippen LogP contribution in [0.3, 0.4) is 0 Å². The van der Waals surface area contributed by atoms with Gasteiger partial charge in [-0.1, -0.05) is 30.3 Å². The number of H-pyrrole nitrogens is 1. The summed E-state index contributed by atoms with van der Waals surface area (Å²) >= 11 is 0. The van der Waals surface area contributed by atoms with Crippen molar-refractivity contribution in [1.82, 2.24) is 9.55 Å². The highest BCUT2D eigenvalue weighted by molar-refractivity contribution is 6.05. The SMILES string of the molecule is CCN(C(=O)/C=C/c1cc(OC)c(OC)c(OC)c1)c1c(N)n(Cc2ccccc2)c(=O)[nH]c1=O. The lowest BCUT2D eigenvalue weighted by Crippen LogP contribution is -2.40. The number of amides is 1. The molecule has 2 aromatic carbocycles. The van der Waals surface area contributed by atoms with Crippen LogP contribution in [0, 0.1) is 0 Å². The van der Waals surface area contributed by atoms with E-state index in [0.29, 0.717) is 22.8 Å². The van der Waals surface area contributed by atoms with Crippen LogP contribution in [0.25, 0.3) is 6.08 Å². The Bertz CT molecular complexity index is 1320. The van der Waals surface area contributed by atoms with E-state index >= 15 is 0 Å². The molecule has 10 heteroatoms. The second-order valence-corrected chi connectivity index (χ2v) is 7.44. The van der Waals surface area contributed by atoms with E-state index in [4.69, 9.17) is 19.9 Å². The molecule has 1 heterocycles. The van der Waals surface area contributed by atoms with Gasteiger partial charge in [0.15, 0.2) is 17.2 Å². The number of carbonyl (C=O) groups excluding carboxylic acids is 1. The Kier molecular flexibility index (Phi) is 7.98. The van der Waals surface area contributed by atoms with E-state index in [-0.39, 0.29) is 24.6 Å². The molecular weight excluding hydrogens is 452 g/mol. The second-order valence-electron chi connectivity index (χ2n) is 7.44. The van der Waals surface area contributed by atoms with Gasteiger partial charge in [0.1, 0.15) is 5.82 Å². The third-order valence-electron chi connectivity index (χ3n) is 5.36. The van der Waals surface area contributed by atoms with Crippen LogP contribution in [0.2, 0.25) is 0 Å². The molecule has 0 unspecified atom stereocenters. The van der Waals surface area contributed by atoms with Crippen LogP contribution in [0.5, 0.6) is 17.2 Å². The molecule has 0 fully saturated rings. The van der Waals surface area contributed by atoms with E-state index in [1.807, 2.05) is 30.3 Å². The van der Waals surface area contributed by atoms with Gasteiger partial charge in [0.2, 0.25) is 5.75 Å². The minimum atomic E-state index is -0.742. The van der Waals surface area contributed by atoms with Crippen molar-refractivity contribution in [3.8, 4) is 17.2 Å². The number of nitrogen functional groups attached to an aromatic ring is 1. The minimum absolute atomic E-state index is 0.0948. The van der Waals surface area contributed by atoms with Crippen molar-refractivity contribution in [3.05, 3.63) is 80.5 Å². The molecule has 3 rings (SSSR count). The molecule has 3 N–H and O–H groups in total. The van der Waals surface area contributed by atoms with E-state index in [1.165, 1.54) is 36.9 Å². The number of likely N-dealkylation sites (N-methyl/N-ethyl adjacent to an activating group) is 1. The van der Waals surface area contributed by atoms with Crippen molar-refractivity contribution >= 4 is 23.5 Å². The number of ether oxygens (including phenoxy) is 3. The van der Waals surface area contributed by atoms with Crippen LogP contribution in [0.15, 0.2) is 58.1 Å². The number of rotatable bonds is 9. The highest BCUT2D eigenvalue weighted by atomic mass is 16.5. The summed E-state index contributed by atoms with van der Waals surface area (Å²) in [6, 6.07) is 12.5. The third-order valence-corrected chi connectivity index (χ3v) is 5.36. The zero-order valence-corrected chi connectivity index (χ0v) is 20.0. The van der Waals surface area contributed by atoms with Gasteiger partial charge in [0.05, 0.1) is 27.9 Å². The molecule has 1 amide bonds. The molecule has 0 bridgehead atoms. The number of hydrogen-bond acceptors (Lipinski definition) is 7. The number of nitrogens with zero attached hydrogens (tertiary/aromatic N) is 2. The van der Waals surface area contributed by atoms with Gasteiger partial charge in [0, 0.05) is 12.6 Å². The fourth-order valence-electron chi connectivity index (χ4n) is 3.64. The Morgan fingerprint density at radius 1 is 1.06 bits per heavy atom. The second kappa shape index (κ2) is 11.1. The van der Waals surface area contributed by atoms with Gasteiger partial charge in [0.25, 0.3) is 11.5 Å². The van der Waals surface area contributed by atoms with E-state index in [1.54, 1.807) is 25.1 Å². The molecule has 3 aromatic rings. The number of aromatic nitrogens is 2. The molecule has 35 heavy (non-hydrogen) atoms. The minimum Gasteiger partial charge on any atom is -0.493 e. The summed E-state index contributed by atoms with van der Waals surface area (Å²) in [5, 5.41) is 0. The maximum absolute atomic E-state index is 13.1. The van der Waals surface area contributed by atoms with Crippen LogP contribution in [-0.2, 0) is 11.3 Å². The zero-order chi connectivity index (χ0) is 25.5. The summed E-state index contributed by atoms with van der Waals surface area (Å²) in [5.41, 5.74) is 6.17. The van der Waals surface area contributed by atoms with E-state index in [2.05, 4.69) is 4.98 Å². The van der Waals surface area contributed by atoms with Gasteiger partial charge in [-0.3, -0.25) is 19.1 Å². The van der Waals surface area contributed by atoms with Crippen molar-refractivity contribution in [2.24, 2.45) is 0 Å². The molecule has 184 valence electrons. The standard InChI is InChI=1S/C25H28N4O6/c1-5-28(20(30)12-11-17-13-18(33-2)22(35-4)19(14-17)34-3)21-23(26)29(25(32)27-24(21)31)15-16-9-7-6-8-10-16/h6-14H,5,15,26H2,1-4H3,(H,27,31,32)/b12-11+. The van der Waals surface area contributed by atoms with Gasteiger partial charge in [-0.05, 0) is 36.3 Å². The molecule has 0 aliphatic carbocycles. The quantitative estimate of drug-likeness (QED) is 0.450. The van der Waals surface area contributed by atoms with Gasteiger partial charge >= 0.3 is 5.69 Å². The normalized spacial score (nSPS) is 10.9. The molecule has 0 saturated carbocycles. The van der Waals surface area contributed by atoms with Crippen LogP contribution in [0.1, 0.15) is 18.1 Å². The molecule has 0 aliphatic rings. The topological polar surface area (TPSA) is 129 Å². The van der Waals surface area contributed by atoms with E-state index < -0.39 is 17.2 Å². The first-order valence-electron chi connectivity index (χ1n) is 10.8. The number of nitrogens with two attached hydrogens (primary N) is 1. The highest BCUT2D eigenvalue weighted by Crippen LogP contribution is 2.38. The van der Waals surface area contributed by atoms with E-state index in [9.17, 15) is 14.4 Å². The molecular formula is C25H28N4O6. The van der Waals surface area contributed by atoms with E-state index in [0.717, 1.165) is 5.56 Å². The van der Waals surface area contributed by atoms with Crippen molar-refractivity contribution in [2.75, 3.05) is 38.5 Å². The van der Waals surface area contributed by atoms with Crippen LogP contribution in [-0.4, -0.2) is 43.3 Å². The number of anilines is 2. The fraction of sp³-hybridized carbons (Fsp3) is 0.240. The number of methoxy groups -OCH3 is 3.